The van der Waals surface area contributed by atoms with Gasteiger partial charge in [-0.05, 0) is 75.3 Å². The zero-order valence-corrected chi connectivity index (χ0v) is 27.4. The van der Waals surface area contributed by atoms with E-state index in [2.05, 4.69) is 193 Å². The number of para-hydroxylation sites is 2. The van der Waals surface area contributed by atoms with Crippen LogP contribution in [0.15, 0.2) is 205 Å². The Morgan fingerprint density at radius 2 is 0.800 bits per heavy atom. The van der Waals surface area contributed by atoms with Crippen LogP contribution in [0.2, 0.25) is 0 Å². The third-order valence-electron chi connectivity index (χ3n) is 9.50. The van der Waals surface area contributed by atoms with Gasteiger partial charge in [-0.25, -0.2) is 0 Å². The topological polar surface area (TPSA) is 16.4 Å². The van der Waals surface area contributed by atoms with E-state index in [9.17, 15) is 0 Å². The molecule has 0 unspecified atom stereocenters. The Balaban J connectivity index is 1.24. The maximum absolute atomic E-state index is 6.65. The van der Waals surface area contributed by atoms with Crippen molar-refractivity contribution in [2.75, 3.05) is 4.90 Å². The summed E-state index contributed by atoms with van der Waals surface area (Å²) < 4.78 is 6.65. The van der Waals surface area contributed by atoms with Gasteiger partial charge in [-0.2, -0.15) is 0 Å². The van der Waals surface area contributed by atoms with Gasteiger partial charge in [0.05, 0.1) is 11.4 Å². The van der Waals surface area contributed by atoms with Crippen LogP contribution >= 0.6 is 0 Å². The van der Waals surface area contributed by atoms with Gasteiger partial charge in [0.15, 0.2) is 5.58 Å². The van der Waals surface area contributed by atoms with E-state index >= 15 is 0 Å². The Bertz CT molecular complexity index is 2550. The summed E-state index contributed by atoms with van der Waals surface area (Å²) in [7, 11) is 0. The second-order valence-corrected chi connectivity index (χ2v) is 12.5. The van der Waals surface area contributed by atoms with Crippen LogP contribution in [0.5, 0.6) is 0 Å². The number of furan rings is 1. The lowest BCUT2D eigenvalue weighted by molar-refractivity contribution is 0.669. The molecule has 0 amide bonds. The maximum atomic E-state index is 6.65. The number of rotatable bonds is 7. The first-order chi connectivity index (χ1) is 24.8. The summed E-state index contributed by atoms with van der Waals surface area (Å²) >= 11 is 0. The summed E-state index contributed by atoms with van der Waals surface area (Å²) in [6.45, 7) is 0. The van der Waals surface area contributed by atoms with Crippen LogP contribution in [0.3, 0.4) is 0 Å². The lowest BCUT2D eigenvalue weighted by atomic mass is 9.95. The minimum Gasteiger partial charge on any atom is -0.454 e. The van der Waals surface area contributed by atoms with Crippen molar-refractivity contribution in [1.82, 2.24) is 0 Å². The zero-order chi connectivity index (χ0) is 33.3. The maximum Gasteiger partial charge on any atom is 0.159 e. The van der Waals surface area contributed by atoms with E-state index in [4.69, 9.17) is 4.42 Å². The van der Waals surface area contributed by atoms with Crippen molar-refractivity contribution in [1.29, 1.82) is 0 Å². The standard InChI is InChI=1S/C48H33NO/c1-4-13-34(14-5-1)36-23-25-38(26-24-36)40-29-32-45(44(33-40)39-17-8-3-9-18-39)49(41-30-27-37(28-31-41)35-15-6-2-7-16-35)46-21-12-20-43-42-19-10-11-22-47(42)50-48(43)46/h1-33H. The first-order valence-electron chi connectivity index (χ1n) is 17.0. The van der Waals surface area contributed by atoms with E-state index in [0.29, 0.717) is 0 Å². The van der Waals surface area contributed by atoms with E-state index in [1.54, 1.807) is 0 Å². The fourth-order valence-corrected chi connectivity index (χ4v) is 7.00. The van der Waals surface area contributed by atoms with Gasteiger partial charge in [-0.15, -0.1) is 0 Å². The van der Waals surface area contributed by atoms with Gasteiger partial charge in [0.25, 0.3) is 0 Å². The minimum atomic E-state index is 0.862. The zero-order valence-electron chi connectivity index (χ0n) is 27.4. The Morgan fingerprint density at radius 1 is 0.320 bits per heavy atom. The molecule has 1 heterocycles. The average molecular weight is 640 g/mol. The van der Waals surface area contributed by atoms with Crippen LogP contribution in [-0.2, 0) is 0 Å². The molecule has 0 fully saturated rings. The molecule has 0 radical (unpaired) electrons. The van der Waals surface area contributed by atoms with Crippen molar-refractivity contribution in [3.05, 3.63) is 200 Å². The minimum absolute atomic E-state index is 0.862. The Kier molecular flexibility index (Phi) is 7.53. The molecular formula is C48H33NO. The van der Waals surface area contributed by atoms with Crippen molar-refractivity contribution in [3.8, 4) is 44.5 Å². The molecule has 236 valence electrons. The third kappa shape index (κ3) is 5.43. The molecule has 50 heavy (non-hydrogen) atoms. The first kappa shape index (κ1) is 29.5. The molecule has 2 heteroatoms. The normalized spacial score (nSPS) is 11.2. The molecule has 0 bridgehead atoms. The van der Waals surface area contributed by atoms with Gasteiger partial charge in [0, 0.05) is 22.0 Å². The smallest absolute Gasteiger partial charge is 0.159 e. The van der Waals surface area contributed by atoms with Crippen LogP contribution in [-0.4, -0.2) is 0 Å². The number of benzene rings is 8. The van der Waals surface area contributed by atoms with Crippen LogP contribution in [0, 0.1) is 0 Å². The highest BCUT2D eigenvalue weighted by atomic mass is 16.3. The van der Waals surface area contributed by atoms with Crippen LogP contribution in [0.25, 0.3) is 66.4 Å². The van der Waals surface area contributed by atoms with Crippen molar-refractivity contribution < 1.29 is 4.42 Å². The van der Waals surface area contributed by atoms with E-state index in [-0.39, 0.29) is 0 Å². The summed E-state index contributed by atoms with van der Waals surface area (Å²) in [6, 6.07) is 71.0. The van der Waals surface area contributed by atoms with E-state index in [1.165, 1.54) is 27.8 Å². The van der Waals surface area contributed by atoms with Gasteiger partial charge in [0.1, 0.15) is 5.58 Å². The monoisotopic (exact) mass is 639 g/mol. The molecule has 9 aromatic rings. The molecule has 9 rings (SSSR count). The van der Waals surface area contributed by atoms with Crippen LogP contribution < -0.4 is 4.90 Å². The Labute approximate surface area is 292 Å². The molecule has 0 saturated heterocycles. The highest BCUT2D eigenvalue weighted by molar-refractivity contribution is 6.10. The molecule has 0 saturated carbocycles. The van der Waals surface area contributed by atoms with Crippen molar-refractivity contribution in [3.63, 3.8) is 0 Å². The molecular weight excluding hydrogens is 607 g/mol. The SMILES string of the molecule is c1ccc(-c2ccc(-c3ccc(N(c4ccc(-c5ccccc5)cc4)c4cccc5c4oc4ccccc45)c(-c4ccccc4)c3)cc2)cc1. The lowest BCUT2D eigenvalue weighted by Crippen LogP contribution is -2.11. The fourth-order valence-electron chi connectivity index (χ4n) is 7.00. The summed E-state index contributed by atoms with van der Waals surface area (Å²) in [5.74, 6) is 0. The van der Waals surface area contributed by atoms with Crippen molar-refractivity contribution in [2.24, 2.45) is 0 Å². The average Bonchev–Trinajstić information content (AvgIpc) is 3.59. The molecule has 2 nitrogen and oxygen atoms in total. The van der Waals surface area contributed by atoms with Gasteiger partial charge < -0.3 is 9.32 Å². The predicted octanol–water partition coefficient (Wildman–Crippen LogP) is 13.7. The quantitative estimate of drug-likeness (QED) is 0.173. The number of hydrogen-bond acceptors (Lipinski definition) is 2. The van der Waals surface area contributed by atoms with Gasteiger partial charge >= 0.3 is 0 Å². The Hall–Kier alpha value is -6.64. The molecule has 0 atom stereocenters. The molecule has 8 aromatic carbocycles. The molecule has 0 aliphatic carbocycles. The molecule has 0 spiro atoms. The largest absolute Gasteiger partial charge is 0.454 e. The van der Waals surface area contributed by atoms with Crippen LogP contribution in [0.4, 0.5) is 17.1 Å². The second-order valence-electron chi connectivity index (χ2n) is 12.5. The Morgan fingerprint density at radius 3 is 1.44 bits per heavy atom. The number of hydrogen-bond donors (Lipinski definition) is 0. The second kappa shape index (κ2) is 12.8. The highest BCUT2D eigenvalue weighted by Gasteiger charge is 2.22. The van der Waals surface area contributed by atoms with E-state index in [0.717, 1.165) is 55.7 Å². The molecule has 0 aliphatic rings. The lowest BCUT2D eigenvalue weighted by Gasteiger charge is -2.28. The first-order valence-corrected chi connectivity index (χ1v) is 17.0. The van der Waals surface area contributed by atoms with Gasteiger partial charge in [-0.3, -0.25) is 0 Å². The third-order valence-corrected chi connectivity index (χ3v) is 9.50. The van der Waals surface area contributed by atoms with E-state index < -0.39 is 0 Å². The number of anilines is 3. The summed E-state index contributed by atoms with van der Waals surface area (Å²) in [4.78, 5) is 2.35. The summed E-state index contributed by atoms with van der Waals surface area (Å²) in [5.41, 5.74) is 14.3. The summed E-state index contributed by atoms with van der Waals surface area (Å²) in [5, 5.41) is 2.21. The predicted molar refractivity (Wildman–Crippen MR) is 210 cm³/mol. The van der Waals surface area contributed by atoms with Crippen LogP contribution in [0.1, 0.15) is 0 Å². The fraction of sp³-hybridized carbons (Fsp3) is 0. The molecule has 1 aromatic heterocycles. The van der Waals surface area contributed by atoms with Gasteiger partial charge in [0.2, 0.25) is 0 Å². The van der Waals surface area contributed by atoms with Crippen molar-refractivity contribution >= 4 is 39.0 Å². The van der Waals surface area contributed by atoms with Gasteiger partial charge in [-0.1, -0.05) is 164 Å². The molecule has 0 N–H and O–H groups in total. The summed E-state index contributed by atoms with van der Waals surface area (Å²) in [6.07, 6.45) is 0. The van der Waals surface area contributed by atoms with Crippen molar-refractivity contribution in [2.45, 2.75) is 0 Å². The molecule has 0 aliphatic heterocycles. The highest BCUT2D eigenvalue weighted by Crippen LogP contribution is 2.46. The van der Waals surface area contributed by atoms with E-state index in [1.807, 2.05) is 12.1 Å². The number of fused-ring (bicyclic) bond motifs is 3. The number of nitrogens with zero attached hydrogens (tertiary/aromatic N) is 1.